The van der Waals surface area contributed by atoms with Gasteiger partial charge in [0.15, 0.2) is 5.69 Å². The van der Waals surface area contributed by atoms with Crippen LogP contribution in [0.3, 0.4) is 0 Å². The van der Waals surface area contributed by atoms with E-state index < -0.39 is 10.8 Å². The van der Waals surface area contributed by atoms with E-state index in [0.717, 1.165) is 10.6 Å². The van der Waals surface area contributed by atoms with E-state index in [4.69, 9.17) is 0 Å². The Morgan fingerprint density at radius 1 is 1.32 bits per heavy atom. The van der Waals surface area contributed by atoms with Gasteiger partial charge in [0.1, 0.15) is 0 Å². The maximum absolute atomic E-state index is 12.0. The van der Waals surface area contributed by atoms with Crippen molar-refractivity contribution in [1.82, 2.24) is 15.6 Å². The van der Waals surface area contributed by atoms with Gasteiger partial charge < -0.3 is 0 Å². The van der Waals surface area contributed by atoms with Gasteiger partial charge in [-0.25, -0.2) is 5.43 Å². The Bertz CT molecular complexity index is 943. The minimum absolute atomic E-state index is 0.00551. The van der Waals surface area contributed by atoms with E-state index in [-0.39, 0.29) is 11.4 Å². The lowest BCUT2D eigenvalue weighted by molar-refractivity contribution is -0.384. The van der Waals surface area contributed by atoms with Gasteiger partial charge in [-0.1, -0.05) is 0 Å². The summed E-state index contributed by atoms with van der Waals surface area (Å²) in [5, 5.41) is 21.2. The van der Waals surface area contributed by atoms with Gasteiger partial charge in [-0.2, -0.15) is 10.2 Å². The molecule has 0 aliphatic heterocycles. The van der Waals surface area contributed by atoms with Gasteiger partial charge in [-0.15, -0.1) is 11.3 Å². The smallest absolute Gasteiger partial charge is 0.276 e. The second-order valence-corrected chi connectivity index (χ2v) is 6.41. The number of nitro benzene ring substituents is 1. The zero-order chi connectivity index (χ0) is 17.8. The summed E-state index contributed by atoms with van der Waals surface area (Å²) in [5.41, 5.74) is 3.98. The number of H-pyrrole nitrogens is 1. The van der Waals surface area contributed by atoms with Crippen molar-refractivity contribution in [1.29, 1.82) is 0 Å². The van der Waals surface area contributed by atoms with Crippen LogP contribution in [-0.4, -0.2) is 27.2 Å². The van der Waals surface area contributed by atoms with E-state index in [1.807, 2.05) is 19.1 Å². The van der Waals surface area contributed by atoms with Gasteiger partial charge in [0.25, 0.3) is 11.6 Å². The third kappa shape index (κ3) is 3.96. The molecule has 0 fully saturated rings. The second-order valence-electron chi connectivity index (χ2n) is 5.12. The summed E-state index contributed by atoms with van der Waals surface area (Å²) in [5.74, 6) is -0.450. The molecule has 2 aromatic heterocycles. The number of nitrogens with zero attached hydrogens (tertiary/aromatic N) is 3. The number of benzene rings is 1. The number of aryl methyl sites for hydroxylation is 1. The number of carbonyl (C=O) groups excluding carboxylic acids is 1. The summed E-state index contributed by atoms with van der Waals surface area (Å²) in [6.45, 7) is 2.01. The van der Waals surface area contributed by atoms with Gasteiger partial charge in [-0.3, -0.25) is 20.0 Å². The third-order valence-electron chi connectivity index (χ3n) is 3.30. The predicted octanol–water partition coefficient (Wildman–Crippen LogP) is 3.12. The van der Waals surface area contributed by atoms with Crippen LogP contribution in [0.5, 0.6) is 0 Å². The van der Waals surface area contributed by atoms with Crippen molar-refractivity contribution in [3.63, 3.8) is 0 Å². The standard InChI is InChI=1S/C16H13N5O3S/c1-10-2-7-15(25-10)13-8-14(19-18-13)16(22)20-17-9-11-3-5-12(6-4-11)21(23)24/h2-9H,1H3,(H,18,19)(H,20,22). The van der Waals surface area contributed by atoms with Crippen molar-refractivity contribution in [2.45, 2.75) is 6.92 Å². The first-order chi connectivity index (χ1) is 12.0. The minimum atomic E-state index is -0.479. The molecule has 126 valence electrons. The number of thiophene rings is 1. The number of hydrogen-bond acceptors (Lipinski definition) is 6. The van der Waals surface area contributed by atoms with E-state index in [9.17, 15) is 14.9 Å². The van der Waals surface area contributed by atoms with Gasteiger partial charge in [0, 0.05) is 17.0 Å². The number of aromatic amines is 1. The van der Waals surface area contributed by atoms with Crippen LogP contribution < -0.4 is 5.43 Å². The number of nitrogens with one attached hydrogen (secondary N) is 2. The average molecular weight is 355 g/mol. The molecule has 2 heterocycles. The Morgan fingerprint density at radius 3 is 2.72 bits per heavy atom. The lowest BCUT2D eigenvalue weighted by atomic mass is 10.2. The average Bonchev–Trinajstić information content (AvgIpc) is 3.24. The first-order valence-electron chi connectivity index (χ1n) is 7.23. The number of hydrazone groups is 1. The molecular formula is C16H13N5O3S. The molecule has 1 aromatic carbocycles. The zero-order valence-corrected chi connectivity index (χ0v) is 13.9. The highest BCUT2D eigenvalue weighted by molar-refractivity contribution is 7.15. The molecule has 25 heavy (non-hydrogen) atoms. The lowest BCUT2D eigenvalue weighted by Gasteiger charge is -1.95. The molecule has 0 saturated heterocycles. The Kier molecular flexibility index (Phi) is 4.66. The molecule has 0 bridgehead atoms. The van der Waals surface area contributed by atoms with Crippen LogP contribution in [0.15, 0.2) is 47.6 Å². The molecule has 1 amide bonds. The van der Waals surface area contributed by atoms with E-state index in [1.165, 1.54) is 23.2 Å². The number of carbonyl (C=O) groups is 1. The number of rotatable bonds is 5. The van der Waals surface area contributed by atoms with Crippen LogP contribution in [0.2, 0.25) is 0 Å². The summed E-state index contributed by atoms with van der Waals surface area (Å²) < 4.78 is 0. The Morgan fingerprint density at radius 2 is 2.08 bits per heavy atom. The van der Waals surface area contributed by atoms with E-state index in [2.05, 4.69) is 20.7 Å². The largest absolute Gasteiger partial charge is 0.291 e. The summed E-state index contributed by atoms with van der Waals surface area (Å²) in [7, 11) is 0. The summed E-state index contributed by atoms with van der Waals surface area (Å²) in [4.78, 5) is 24.3. The SMILES string of the molecule is Cc1ccc(-c2cc(C(=O)NN=Cc3ccc([N+](=O)[O-])cc3)n[nH]2)s1. The monoisotopic (exact) mass is 355 g/mol. The van der Waals surface area contributed by atoms with Crippen molar-refractivity contribution >= 4 is 29.1 Å². The summed E-state index contributed by atoms with van der Waals surface area (Å²) in [6.07, 6.45) is 1.40. The lowest BCUT2D eigenvalue weighted by Crippen LogP contribution is -2.17. The minimum Gasteiger partial charge on any atom is -0.276 e. The van der Waals surface area contributed by atoms with Crippen molar-refractivity contribution in [2.75, 3.05) is 0 Å². The first kappa shape index (κ1) is 16.5. The first-order valence-corrected chi connectivity index (χ1v) is 8.04. The molecule has 0 spiro atoms. The van der Waals surface area contributed by atoms with Crippen LogP contribution in [0.1, 0.15) is 20.9 Å². The predicted molar refractivity (Wildman–Crippen MR) is 94.8 cm³/mol. The van der Waals surface area contributed by atoms with Crippen molar-refractivity contribution in [3.05, 3.63) is 68.7 Å². The molecule has 3 aromatic rings. The number of hydrogen-bond donors (Lipinski definition) is 2. The molecule has 9 heteroatoms. The van der Waals surface area contributed by atoms with E-state index >= 15 is 0 Å². The van der Waals surface area contributed by atoms with Crippen LogP contribution in [-0.2, 0) is 0 Å². The molecule has 3 rings (SSSR count). The second kappa shape index (κ2) is 7.05. The Balaban J connectivity index is 1.62. The fourth-order valence-electron chi connectivity index (χ4n) is 2.05. The summed E-state index contributed by atoms with van der Waals surface area (Å²) in [6, 6.07) is 11.4. The molecule has 0 saturated carbocycles. The molecule has 2 N–H and O–H groups in total. The highest BCUT2D eigenvalue weighted by Gasteiger charge is 2.11. The van der Waals surface area contributed by atoms with Gasteiger partial charge in [-0.05, 0) is 42.8 Å². The molecule has 0 unspecified atom stereocenters. The molecule has 8 nitrogen and oxygen atoms in total. The molecule has 0 radical (unpaired) electrons. The zero-order valence-electron chi connectivity index (χ0n) is 13.1. The highest BCUT2D eigenvalue weighted by Crippen LogP contribution is 2.26. The molecule has 0 atom stereocenters. The van der Waals surface area contributed by atoms with E-state index in [0.29, 0.717) is 5.56 Å². The van der Waals surface area contributed by atoms with Crippen molar-refractivity contribution < 1.29 is 9.72 Å². The maximum atomic E-state index is 12.0. The van der Waals surface area contributed by atoms with Gasteiger partial charge in [0.2, 0.25) is 0 Å². The number of amides is 1. The maximum Gasteiger partial charge on any atom is 0.291 e. The molecule has 0 aliphatic rings. The fourth-order valence-corrected chi connectivity index (χ4v) is 2.88. The Labute approximate surface area is 146 Å². The number of non-ortho nitro benzene ring substituents is 1. The highest BCUT2D eigenvalue weighted by atomic mass is 32.1. The molecule has 0 aliphatic carbocycles. The molecular weight excluding hydrogens is 342 g/mol. The third-order valence-corrected chi connectivity index (χ3v) is 4.33. The van der Waals surface area contributed by atoms with Gasteiger partial charge in [0.05, 0.1) is 21.7 Å². The number of nitro groups is 1. The summed E-state index contributed by atoms with van der Waals surface area (Å²) >= 11 is 1.60. The van der Waals surface area contributed by atoms with Crippen LogP contribution >= 0.6 is 11.3 Å². The normalized spacial score (nSPS) is 10.9. The van der Waals surface area contributed by atoms with Crippen LogP contribution in [0, 0.1) is 17.0 Å². The van der Waals surface area contributed by atoms with E-state index in [1.54, 1.807) is 29.5 Å². The van der Waals surface area contributed by atoms with Crippen LogP contribution in [0.25, 0.3) is 10.6 Å². The van der Waals surface area contributed by atoms with Crippen molar-refractivity contribution in [3.8, 4) is 10.6 Å². The number of aromatic nitrogens is 2. The van der Waals surface area contributed by atoms with Crippen LogP contribution in [0.4, 0.5) is 5.69 Å². The quantitative estimate of drug-likeness (QED) is 0.416. The van der Waals surface area contributed by atoms with Crippen molar-refractivity contribution in [2.24, 2.45) is 5.10 Å². The van der Waals surface area contributed by atoms with Gasteiger partial charge >= 0.3 is 0 Å². The fraction of sp³-hybridized carbons (Fsp3) is 0.0625. The topological polar surface area (TPSA) is 113 Å². The Hall–Kier alpha value is -3.33.